The zero-order valence-corrected chi connectivity index (χ0v) is 10.0. The van der Waals surface area contributed by atoms with E-state index in [1.165, 1.54) is 49.5 Å². The second-order valence-corrected chi connectivity index (χ2v) is 5.23. The number of likely N-dealkylation sites (tertiary alicyclic amines) is 1. The van der Waals surface area contributed by atoms with Crippen LogP contribution in [0, 0.1) is 0 Å². The summed E-state index contributed by atoms with van der Waals surface area (Å²) in [7, 11) is 0. The molecule has 1 aliphatic rings. The Morgan fingerprint density at radius 2 is 1.73 bits per heavy atom. The van der Waals surface area contributed by atoms with Crippen molar-refractivity contribution in [2.45, 2.75) is 24.2 Å². The quantitative estimate of drug-likeness (QED) is 0.718. The van der Waals surface area contributed by atoms with Crippen LogP contribution in [0.1, 0.15) is 19.3 Å². The summed E-state index contributed by atoms with van der Waals surface area (Å²) in [6, 6.07) is 10.7. The number of rotatable bonds is 4. The van der Waals surface area contributed by atoms with Crippen LogP contribution in [0.25, 0.3) is 0 Å². The zero-order valence-electron chi connectivity index (χ0n) is 9.19. The molecular formula is C13H19NS. The molecule has 1 aliphatic heterocycles. The summed E-state index contributed by atoms with van der Waals surface area (Å²) in [5.41, 5.74) is 0. The summed E-state index contributed by atoms with van der Waals surface area (Å²) in [6.45, 7) is 3.88. The Bertz CT molecular complexity index is 267. The highest BCUT2D eigenvalue weighted by atomic mass is 32.2. The van der Waals surface area contributed by atoms with Crippen LogP contribution < -0.4 is 0 Å². The summed E-state index contributed by atoms with van der Waals surface area (Å²) >= 11 is 1.97. The fourth-order valence-corrected chi connectivity index (χ4v) is 2.93. The normalized spacial score (nSPS) is 17.9. The predicted octanol–water partition coefficient (Wildman–Crippen LogP) is 3.26. The molecule has 0 bridgehead atoms. The molecular weight excluding hydrogens is 202 g/mol. The van der Waals surface area contributed by atoms with Gasteiger partial charge >= 0.3 is 0 Å². The van der Waals surface area contributed by atoms with Gasteiger partial charge in [0, 0.05) is 17.2 Å². The highest BCUT2D eigenvalue weighted by molar-refractivity contribution is 7.99. The molecule has 0 aliphatic carbocycles. The maximum atomic E-state index is 2.60. The van der Waals surface area contributed by atoms with Gasteiger partial charge in [-0.3, -0.25) is 0 Å². The maximum Gasteiger partial charge on any atom is 0.0108 e. The number of hydrogen-bond acceptors (Lipinski definition) is 2. The van der Waals surface area contributed by atoms with Gasteiger partial charge in [-0.1, -0.05) is 24.6 Å². The fraction of sp³-hybridized carbons (Fsp3) is 0.538. The van der Waals surface area contributed by atoms with Gasteiger partial charge in [0.05, 0.1) is 0 Å². The van der Waals surface area contributed by atoms with E-state index in [-0.39, 0.29) is 0 Å². The first-order valence-electron chi connectivity index (χ1n) is 5.85. The first kappa shape index (κ1) is 11.0. The third kappa shape index (κ3) is 3.88. The number of hydrogen-bond donors (Lipinski definition) is 0. The van der Waals surface area contributed by atoms with Crippen molar-refractivity contribution in [3.05, 3.63) is 30.3 Å². The third-order valence-electron chi connectivity index (χ3n) is 2.87. The zero-order chi connectivity index (χ0) is 10.3. The van der Waals surface area contributed by atoms with Crippen LogP contribution >= 0.6 is 11.8 Å². The lowest BCUT2D eigenvalue weighted by Gasteiger charge is -2.26. The molecule has 82 valence electrons. The highest BCUT2D eigenvalue weighted by Crippen LogP contribution is 2.17. The molecule has 2 heteroatoms. The van der Waals surface area contributed by atoms with Gasteiger partial charge in [0.2, 0.25) is 0 Å². The van der Waals surface area contributed by atoms with Crippen LogP contribution in [0.5, 0.6) is 0 Å². The van der Waals surface area contributed by atoms with Crippen molar-refractivity contribution in [3.8, 4) is 0 Å². The molecule has 1 aromatic carbocycles. The molecule has 2 rings (SSSR count). The van der Waals surface area contributed by atoms with Crippen molar-refractivity contribution in [1.82, 2.24) is 4.90 Å². The largest absolute Gasteiger partial charge is 0.303 e. The Labute approximate surface area is 96.9 Å². The molecule has 1 aromatic rings. The molecule has 0 N–H and O–H groups in total. The Morgan fingerprint density at radius 3 is 2.47 bits per heavy atom. The molecule has 15 heavy (non-hydrogen) atoms. The van der Waals surface area contributed by atoms with Crippen LogP contribution in [-0.2, 0) is 0 Å². The average Bonchev–Trinajstić information content (AvgIpc) is 2.32. The second kappa shape index (κ2) is 6.19. The lowest BCUT2D eigenvalue weighted by molar-refractivity contribution is 0.242. The van der Waals surface area contributed by atoms with E-state index in [9.17, 15) is 0 Å². The monoisotopic (exact) mass is 221 g/mol. The highest BCUT2D eigenvalue weighted by Gasteiger charge is 2.08. The van der Waals surface area contributed by atoms with Gasteiger partial charge < -0.3 is 4.90 Å². The van der Waals surface area contributed by atoms with Gasteiger partial charge in [0.15, 0.2) is 0 Å². The fourth-order valence-electron chi connectivity index (χ4n) is 1.99. The summed E-state index contributed by atoms with van der Waals surface area (Å²) in [6.07, 6.45) is 4.23. The molecule has 0 atom stereocenters. The molecule has 0 spiro atoms. The Morgan fingerprint density at radius 1 is 1.00 bits per heavy atom. The van der Waals surface area contributed by atoms with Gasteiger partial charge in [-0.15, -0.1) is 11.8 Å². The van der Waals surface area contributed by atoms with E-state index in [0.717, 1.165) is 0 Å². The van der Waals surface area contributed by atoms with Crippen LogP contribution in [0.4, 0.5) is 0 Å². The standard InChI is InChI=1S/C13H19NS/c1-3-7-13(8-4-1)15-12-11-14-9-5-2-6-10-14/h1,3-4,7-8H,2,5-6,9-12H2. The molecule has 0 saturated carbocycles. The van der Waals surface area contributed by atoms with E-state index >= 15 is 0 Å². The summed E-state index contributed by atoms with van der Waals surface area (Å²) < 4.78 is 0. The van der Waals surface area contributed by atoms with E-state index < -0.39 is 0 Å². The minimum Gasteiger partial charge on any atom is -0.303 e. The summed E-state index contributed by atoms with van der Waals surface area (Å²) in [5.74, 6) is 1.23. The van der Waals surface area contributed by atoms with E-state index in [4.69, 9.17) is 0 Å². The van der Waals surface area contributed by atoms with Crippen molar-refractivity contribution in [3.63, 3.8) is 0 Å². The second-order valence-electron chi connectivity index (χ2n) is 4.06. The average molecular weight is 221 g/mol. The van der Waals surface area contributed by atoms with E-state index in [1.807, 2.05) is 11.8 Å². The van der Waals surface area contributed by atoms with Crippen LogP contribution in [0.15, 0.2) is 35.2 Å². The smallest absolute Gasteiger partial charge is 0.0108 e. The molecule has 0 amide bonds. The molecule has 0 aromatic heterocycles. The SMILES string of the molecule is c1ccc(SCCN2CCCCC2)cc1. The van der Waals surface area contributed by atoms with Crippen LogP contribution in [-0.4, -0.2) is 30.3 Å². The van der Waals surface area contributed by atoms with Crippen molar-refractivity contribution in [2.75, 3.05) is 25.4 Å². The summed E-state index contributed by atoms with van der Waals surface area (Å²) in [4.78, 5) is 3.99. The third-order valence-corrected chi connectivity index (χ3v) is 3.86. The van der Waals surface area contributed by atoms with Crippen molar-refractivity contribution >= 4 is 11.8 Å². The lowest BCUT2D eigenvalue weighted by atomic mass is 10.1. The maximum absolute atomic E-state index is 2.60. The molecule has 0 radical (unpaired) electrons. The van der Waals surface area contributed by atoms with Gasteiger partial charge in [0.25, 0.3) is 0 Å². The van der Waals surface area contributed by atoms with Gasteiger partial charge in [-0.05, 0) is 38.1 Å². The van der Waals surface area contributed by atoms with E-state index in [0.29, 0.717) is 0 Å². The van der Waals surface area contributed by atoms with Crippen molar-refractivity contribution in [1.29, 1.82) is 0 Å². The Hall–Kier alpha value is -0.470. The van der Waals surface area contributed by atoms with Crippen LogP contribution in [0.2, 0.25) is 0 Å². The van der Waals surface area contributed by atoms with Gasteiger partial charge in [-0.2, -0.15) is 0 Å². The lowest BCUT2D eigenvalue weighted by Crippen LogP contribution is -2.31. The van der Waals surface area contributed by atoms with Gasteiger partial charge in [0.1, 0.15) is 0 Å². The van der Waals surface area contributed by atoms with E-state index in [2.05, 4.69) is 35.2 Å². The number of nitrogens with zero attached hydrogens (tertiary/aromatic N) is 1. The number of benzene rings is 1. The Balaban J connectivity index is 1.66. The first-order chi connectivity index (χ1) is 7.45. The first-order valence-corrected chi connectivity index (χ1v) is 6.84. The van der Waals surface area contributed by atoms with E-state index in [1.54, 1.807) is 0 Å². The molecule has 1 saturated heterocycles. The molecule has 1 nitrogen and oxygen atoms in total. The number of thioether (sulfide) groups is 1. The van der Waals surface area contributed by atoms with Crippen molar-refractivity contribution in [2.24, 2.45) is 0 Å². The molecule has 1 fully saturated rings. The Kier molecular flexibility index (Phi) is 4.55. The van der Waals surface area contributed by atoms with Crippen molar-refractivity contribution < 1.29 is 0 Å². The van der Waals surface area contributed by atoms with Crippen LogP contribution in [0.3, 0.4) is 0 Å². The minimum atomic E-state index is 1.23. The number of piperidine rings is 1. The minimum absolute atomic E-state index is 1.23. The molecule has 0 unspecified atom stereocenters. The topological polar surface area (TPSA) is 3.24 Å². The van der Waals surface area contributed by atoms with Gasteiger partial charge in [-0.25, -0.2) is 0 Å². The summed E-state index contributed by atoms with van der Waals surface area (Å²) in [5, 5.41) is 0. The predicted molar refractivity (Wildman–Crippen MR) is 67.5 cm³/mol. The molecule has 1 heterocycles.